The fraction of sp³-hybridized carbons (Fsp3) is 0.154. The first-order valence-electron chi connectivity index (χ1n) is 5.82. The number of thiophene rings is 1. The van der Waals surface area contributed by atoms with Gasteiger partial charge in [-0.25, -0.2) is 15.0 Å². The van der Waals surface area contributed by atoms with E-state index in [9.17, 15) is 0 Å². The summed E-state index contributed by atoms with van der Waals surface area (Å²) in [4.78, 5) is 17.7. The molecule has 0 radical (unpaired) electrons. The summed E-state index contributed by atoms with van der Waals surface area (Å²) in [5.41, 5.74) is 1.55. The molecule has 3 aromatic rings. The Morgan fingerprint density at radius 1 is 1.30 bits per heavy atom. The molecule has 3 heterocycles. The topological polar surface area (TPSA) is 74.7 Å². The molecule has 0 aliphatic carbocycles. The highest BCUT2D eigenvalue weighted by molar-refractivity contribution is 7.98. The number of H-pyrrole nitrogens is 1. The van der Waals surface area contributed by atoms with Gasteiger partial charge in [-0.2, -0.15) is 0 Å². The van der Waals surface area contributed by atoms with Gasteiger partial charge in [-0.15, -0.1) is 11.3 Å². The number of aromatic amines is 1. The summed E-state index contributed by atoms with van der Waals surface area (Å²) in [6, 6.07) is 4.01. The summed E-state index contributed by atoms with van der Waals surface area (Å²) in [5, 5.41) is 9.56. The molecule has 5 nitrogen and oxygen atoms in total. The highest BCUT2D eigenvalue weighted by Gasteiger charge is 2.07. The molecule has 0 saturated carbocycles. The van der Waals surface area contributed by atoms with Crippen molar-refractivity contribution in [1.29, 1.82) is 0 Å². The van der Waals surface area contributed by atoms with E-state index in [0.717, 1.165) is 21.2 Å². The lowest BCUT2D eigenvalue weighted by molar-refractivity contribution is 0.350. The Labute approximate surface area is 123 Å². The van der Waals surface area contributed by atoms with Crippen LogP contribution in [-0.2, 0) is 5.75 Å². The molecule has 0 unspecified atom stereocenters. The third-order valence-electron chi connectivity index (χ3n) is 2.49. The van der Waals surface area contributed by atoms with Gasteiger partial charge in [-0.1, -0.05) is 23.6 Å². The van der Waals surface area contributed by atoms with Crippen LogP contribution in [0.4, 0.5) is 0 Å². The summed E-state index contributed by atoms with van der Waals surface area (Å²) in [6.07, 6.45) is 3.15. The van der Waals surface area contributed by atoms with Crippen molar-refractivity contribution in [1.82, 2.24) is 19.9 Å². The summed E-state index contributed by atoms with van der Waals surface area (Å²) < 4.78 is 0. The number of imidazole rings is 1. The molecule has 3 aromatic heterocycles. The van der Waals surface area contributed by atoms with Crippen molar-refractivity contribution in [2.75, 3.05) is 6.61 Å². The van der Waals surface area contributed by atoms with Crippen LogP contribution in [0.3, 0.4) is 0 Å². The number of aliphatic hydroxyl groups is 1. The number of nitrogens with one attached hydrogen (secondary N) is 1. The Morgan fingerprint density at radius 3 is 3.15 bits per heavy atom. The highest BCUT2D eigenvalue weighted by Crippen LogP contribution is 2.28. The molecule has 0 amide bonds. The van der Waals surface area contributed by atoms with Crippen LogP contribution in [0, 0.1) is 11.8 Å². The maximum Gasteiger partial charge on any atom is 0.181 e. The first-order valence-corrected chi connectivity index (χ1v) is 7.62. The molecule has 0 aliphatic rings. The van der Waals surface area contributed by atoms with Crippen molar-refractivity contribution in [3.63, 3.8) is 0 Å². The third kappa shape index (κ3) is 2.82. The van der Waals surface area contributed by atoms with Gasteiger partial charge in [-0.05, 0) is 12.1 Å². The lowest BCUT2D eigenvalue weighted by atomic mass is 10.4. The minimum absolute atomic E-state index is 0.110. The molecule has 0 saturated heterocycles. The van der Waals surface area contributed by atoms with Crippen molar-refractivity contribution in [3.8, 4) is 11.8 Å². The molecule has 7 heteroatoms. The molecule has 100 valence electrons. The monoisotopic (exact) mass is 302 g/mol. The lowest BCUT2D eigenvalue weighted by Crippen LogP contribution is -1.86. The fourth-order valence-electron chi connectivity index (χ4n) is 1.64. The van der Waals surface area contributed by atoms with Crippen LogP contribution in [0.1, 0.15) is 9.75 Å². The van der Waals surface area contributed by atoms with Gasteiger partial charge < -0.3 is 10.1 Å². The lowest BCUT2D eigenvalue weighted by Gasteiger charge is -1.99. The summed E-state index contributed by atoms with van der Waals surface area (Å²) >= 11 is 3.26. The number of hydrogen-bond acceptors (Lipinski definition) is 6. The Kier molecular flexibility index (Phi) is 3.97. The molecule has 0 aromatic carbocycles. The van der Waals surface area contributed by atoms with Gasteiger partial charge >= 0.3 is 0 Å². The first-order chi connectivity index (χ1) is 9.86. The van der Waals surface area contributed by atoms with Gasteiger partial charge in [0, 0.05) is 10.6 Å². The maximum atomic E-state index is 8.67. The predicted octanol–water partition coefficient (Wildman–Crippen LogP) is 2.05. The number of thioether (sulfide) groups is 1. The molecular weight excluding hydrogens is 292 g/mol. The van der Waals surface area contributed by atoms with Crippen LogP contribution in [0.15, 0.2) is 29.8 Å². The molecule has 3 rings (SSSR count). The predicted molar refractivity (Wildman–Crippen MR) is 79.5 cm³/mol. The number of aliphatic hydroxyl groups excluding tert-OH is 1. The third-order valence-corrected chi connectivity index (χ3v) is 4.71. The van der Waals surface area contributed by atoms with E-state index < -0.39 is 0 Å². The van der Waals surface area contributed by atoms with Gasteiger partial charge in [0.1, 0.15) is 23.5 Å². The number of aromatic nitrogens is 4. The fourth-order valence-corrected chi connectivity index (χ4v) is 3.52. The number of nitrogens with zero attached hydrogens (tertiary/aromatic N) is 3. The van der Waals surface area contributed by atoms with E-state index >= 15 is 0 Å². The normalized spacial score (nSPS) is 10.4. The van der Waals surface area contributed by atoms with E-state index in [2.05, 4.69) is 31.8 Å². The minimum atomic E-state index is -0.110. The average molecular weight is 302 g/mol. The van der Waals surface area contributed by atoms with Gasteiger partial charge in [0.05, 0.1) is 11.2 Å². The van der Waals surface area contributed by atoms with Crippen LogP contribution in [0.5, 0.6) is 0 Å². The zero-order valence-corrected chi connectivity index (χ0v) is 12.0. The standard InChI is InChI=1S/C13H10N4OS2/c18-5-1-2-9-3-4-10(20-9)6-19-13-11-12(15-7-14-11)16-8-17-13/h3-4,7-8,18H,5-6H2,(H,14,15,16,17). The molecule has 0 aliphatic heterocycles. The SMILES string of the molecule is OCC#Cc1ccc(CSc2ncnc3nc[nH]c23)s1. The number of hydrogen-bond donors (Lipinski definition) is 2. The molecule has 0 atom stereocenters. The van der Waals surface area contributed by atoms with Crippen LogP contribution >= 0.6 is 23.1 Å². The largest absolute Gasteiger partial charge is 0.384 e. The van der Waals surface area contributed by atoms with E-state index in [1.165, 1.54) is 11.2 Å². The Bertz CT molecular complexity index is 784. The number of fused-ring (bicyclic) bond motifs is 1. The zero-order chi connectivity index (χ0) is 13.8. The van der Waals surface area contributed by atoms with Gasteiger partial charge in [0.2, 0.25) is 0 Å². The summed E-state index contributed by atoms with van der Waals surface area (Å²) in [6.45, 7) is -0.110. The zero-order valence-electron chi connectivity index (χ0n) is 10.3. The van der Waals surface area contributed by atoms with Gasteiger partial charge in [-0.3, -0.25) is 0 Å². The van der Waals surface area contributed by atoms with Gasteiger partial charge in [0.15, 0.2) is 5.65 Å². The second kappa shape index (κ2) is 6.05. The maximum absolute atomic E-state index is 8.67. The van der Waals surface area contributed by atoms with Crippen LogP contribution in [0.25, 0.3) is 11.2 Å². The van der Waals surface area contributed by atoms with E-state index in [0.29, 0.717) is 5.65 Å². The van der Waals surface area contributed by atoms with Crippen molar-refractivity contribution < 1.29 is 5.11 Å². The van der Waals surface area contributed by atoms with E-state index in [4.69, 9.17) is 5.11 Å². The molecule has 0 spiro atoms. The Hall–Kier alpha value is -1.88. The minimum Gasteiger partial charge on any atom is -0.384 e. The molecular formula is C13H10N4OS2. The smallest absolute Gasteiger partial charge is 0.181 e. The second-order valence-electron chi connectivity index (χ2n) is 3.79. The molecule has 20 heavy (non-hydrogen) atoms. The van der Waals surface area contributed by atoms with Crippen LogP contribution < -0.4 is 0 Å². The van der Waals surface area contributed by atoms with Crippen LogP contribution in [0.2, 0.25) is 0 Å². The van der Waals surface area contributed by atoms with Crippen molar-refractivity contribution in [3.05, 3.63) is 34.5 Å². The van der Waals surface area contributed by atoms with Crippen molar-refractivity contribution in [2.24, 2.45) is 0 Å². The average Bonchev–Trinajstić information content (AvgIpc) is 3.11. The quantitative estimate of drug-likeness (QED) is 0.440. The second-order valence-corrected chi connectivity index (χ2v) is 5.93. The van der Waals surface area contributed by atoms with Crippen molar-refractivity contribution >= 4 is 34.3 Å². The van der Waals surface area contributed by atoms with Crippen molar-refractivity contribution in [2.45, 2.75) is 10.8 Å². The summed E-state index contributed by atoms with van der Waals surface area (Å²) in [7, 11) is 0. The van der Waals surface area contributed by atoms with E-state index in [1.807, 2.05) is 12.1 Å². The molecule has 0 bridgehead atoms. The number of rotatable bonds is 3. The van der Waals surface area contributed by atoms with E-state index in [-0.39, 0.29) is 6.61 Å². The van der Waals surface area contributed by atoms with E-state index in [1.54, 1.807) is 29.4 Å². The highest BCUT2D eigenvalue weighted by atomic mass is 32.2. The molecule has 0 fully saturated rings. The first kappa shape index (κ1) is 13.1. The molecule has 2 N–H and O–H groups in total. The van der Waals surface area contributed by atoms with Gasteiger partial charge in [0.25, 0.3) is 0 Å². The Balaban J connectivity index is 1.73. The van der Waals surface area contributed by atoms with Crippen LogP contribution in [-0.4, -0.2) is 31.6 Å². The Morgan fingerprint density at radius 2 is 2.25 bits per heavy atom. The summed E-state index contributed by atoms with van der Waals surface area (Å²) in [5.74, 6) is 6.37.